The van der Waals surface area contributed by atoms with E-state index in [-0.39, 0.29) is 12.6 Å². The second-order valence-corrected chi connectivity index (χ2v) is 7.62. The predicted molar refractivity (Wildman–Crippen MR) is 126 cm³/mol. The number of rotatable bonds is 5. The summed E-state index contributed by atoms with van der Waals surface area (Å²) in [6.07, 6.45) is 0. The number of thiocarbonyl (C=S) groups is 1. The van der Waals surface area contributed by atoms with Gasteiger partial charge in [0, 0.05) is 24.1 Å². The molecule has 3 N–H and O–H groups in total. The molecule has 0 spiro atoms. The number of esters is 1. The summed E-state index contributed by atoms with van der Waals surface area (Å²) in [4.78, 5) is 26.8. The van der Waals surface area contributed by atoms with Gasteiger partial charge in [0.25, 0.3) is 0 Å². The fraction of sp³-hybridized carbons (Fsp3) is 0.261. The molecule has 0 radical (unpaired) electrons. The first-order valence-electron chi connectivity index (χ1n) is 9.97. The maximum atomic E-state index is 12.7. The van der Waals surface area contributed by atoms with E-state index in [0.717, 1.165) is 16.8 Å². The maximum absolute atomic E-state index is 12.7. The smallest absolute Gasteiger partial charge is 0.338 e. The molecule has 0 saturated heterocycles. The zero-order chi connectivity index (χ0) is 22.5. The van der Waals surface area contributed by atoms with Crippen LogP contribution in [0.3, 0.4) is 0 Å². The van der Waals surface area contributed by atoms with Crippen molar-refractivity contribution in [3.8, 4) is 0 Å². The van der Waals surface area contributed by atoms with Crippen LogP contribution in [0.4, 0.5) is 16.2 Å². The Kier molecular flexibility index (Phi) is 6.91. The Labute approximate surface area is 187 Å². The highest BCUT2D eigenvalue weighted by Gasteiger charge is 2.33. The molecule has 3 rings (SSSR count). The number of urea groups is 1. The number of aryl methyl sites for hydroxylation is 1. The lowest BCUT2D eigenvalue weighted by atomic mass is 9.95. The summed E-state index contributed by atoms with van der Waals surface area (Å²) in [5.74, 6) is -0.401. The van der Waals surface area contributed by atoms with Gasteiger partial charge in [-0.25, -0.2) is 9.59 Å². The van der Waals surface area contributed by atoms with Crippen molar-refractivity contribution in [1.82, 2.24) is 10.2 Å². The summed E-state index contributed by atoms with van der Waals surface area (Å²) in [6, 6.07) is 14.0. The van der Waals surface area contributed by atoms with Crippen LogP contribution >= 0.6 is 12.2 Å². The third-order valence-corrected chi connectivity index (χ3v) is 5.43. The van der Waals surface area contributed by atoms with Crippen molar-refractivity contribution in [2.45, 2.75) is 26.8 Å². The highest BCUT2D eigenvalue weighted by atomic mass is 32.1. The molecule has 0 bridgehead atoms. The van der Waals surface area contributed by atoms with Gasteiger partial charge in [-0.3, -0.25) is 0 Å². The van der Waals surface area contributed by atoms with Gasteiger partial charge < -0.3 is 25.6 Å². The summed E-state index contributed by atoms with van der Waals surface area (Å²) >= 11 is 5.42. The molecule has 2 aromatic carbocycles. The number of nitrogens with zero attached hydrogens (tertiary/aromatic N) is 1. The van der Waals surface area contributed by atoms with Crippen LogP contribution < -0.4 is 16.0 Å². The number of carbonyl (C=O) groups excluding carboxylic acids is 2. The molecule has 1 unspecified atom stereocenters. The minimum atomic E-state index is -0.482. The van der Waals surface area contributed by atoms with Crippen molar-refractivity contribution in [3.63, 3.8) is 0 Å². The van der Waals surface area contributed by atoms with Crippen LogP contribution in [-0.4, -0.2) is 35.7 Å². The van der Waals surface area contributed by atoms with Gasteiger partial charge in [-0.1, -0.05) is 29.8 Å². The van der Waals surface area contributed by atoms with E-state index in [0.29, 0.717) is 22.1 Å². The Hall–Kier alpha value is -3.39. The van der Waals surface area contributed by atoms with Gasteiger partial charge in [-0.15, -0.1) is 0 Å². The normalized spacial score (nSPS) is 15.9. The van der Waals surface area contributed by atoms with Gasteiger partial charge in [-0.2, -0.15) is 0 Å². The van der Waals surface area contributed by atoms with Crippen LogP contribution in [0.5, 0.6) is 0 Å². The Morgan fingerprint density at radius 3 is 2.45 bits per heavy atom. The van der Waals surface area contributed by atoms with Crippen LogP contribution in [-0.2, 0) is 9.53 Å². The lowest BCUT2D eigenvalue weighted by molar-refractivity contribution is -0.139. The van der Waals surface area contributed by atoms with Crippen molar-refractivity contribution in [2.24, 2.45) is 0 Å². The number of hydrogen-bond donors (Lipinski definition) is 3. The first kappa shape index (κ1) is 22.3. The van der Waals surface area contributed by atoms with Gasteiger partial charge in [0.15, 0.2) is 5.11 Å². The van der Waals surface area contributed by atoms with Gasteiger partial charge in [0.05, 0.1) is 18.2 Å². The number of carbonyl (C=O) groups is 2. The molecule has 2 amide bonds. The molecule has 1 aliphatic heterocycles. The topological polar surface area (TPSA) is 82.7 Å². The van der Waals surface area contributed by atoms with E-state index in [4.69, 9.17) is 17.0 Å². The molecule has 0 aromatic heterocycles. The van der Waals surface area contributed by atoms with E-state index in [1.54, 1.807) is 24.9 Å². The van der Waals surface area contributed by atoms with E-state index in [1.165, 1.54) is 0 Å². The standard InChI is InChI=1S/C23H26N4O3S/c1-5-30-21(28)19-15(3)27(4)23(31)26-20(19)16-7-6-8-18(13-16)25-22(29)24-17-11-9-14(2)10-12-17/h6-13,20H,5H2,1-4H3,(H,26,31)(H2,24,25,29). The Balaban J connectivity index is 1.83. The Bertz CT molecular complexity index is 1030. The Morgan fingerprint density at radius 1 is 1.10 bits per heavy atom. The molecule has 1 heterocycles. The van der Waals surface area contributed by atoms with Gasteiger partial charge in [0.1, 0.15) is 0 Å². The highest BCUT2D eigenvalue weighted by molar-refractivity contribution is 7.80. The first-order valence-corrected chi connectivity index (χ1v) is 10.4. The summed E-state index contributed by atoms with van der Waals surface area (Å²) in [5.41, 5.74) is 4.40. The van der Waals surface area contributed by atoms with Gasteiger partial charge >= 0.3 is 12.0 Å². The van der Waals surface area contributed by atoms with Crippen molar-refractivity contribution < 1.29 is 14.3 Å². The van der Waals surface area contributed by atoms with E-state index in [2.05, 4.69) is 16.0 Å². The number of amides is 2. The number of benzene rings is 2. The molecule has 8 heteroatoms. The summed E-state index contributed by atoms with van der Waals surface area (Å²) in [7, 11) is 1.80. The zero-order valence-electron chi connectivity index (χ0n) is 18.0. The first-order chi connectivity index (χ1) is 14.8. The monoisotopic (exact) mass is 438 g/mol. The molecule has 1 atom stereocenters. The van der Waals surface area contributed by atoms with E-state index in [1.807, 2.05) is 56.3 Å². The third kappa shape index (κ3) is 5.21. The minimum absolute atomic E-state index is 0.275. The van der Waals surface area contributed by atoms with E-state index < -0.39 is 12.0 Å². The van der Waals surface area contributed by atoms with Gasteiger partial charge in [-0.05, 0) is 62.8 Å². The lowest BCUT2D eigenvalue weighted by Gasteiger charge is -2.35. The van der Waals surface area contributed by atoms with Crippen LogP contribution in [0.2, 0.25) is 0 Å². The molecule has 2 aromatic rings. The average Bonchev–Trinajstić information content (AvgIpc) is 2.73. The van der Waals surface area contributed by atoms with Crippen LogP contribution in [0.1, 0.15) is 31.0 Å². The molecule has 1 aliphatic rings. The average molecular weight is 439 g/mol. The predicted octanol–water partition coefficient (Wildman–Crippen LogP) is 4.34. The summed E-state index contributed by atoms with van der Waals surface area (Å²) in [5, 5.41) is 9.34. The Morgan fingerprint density at radius 2 is 1.77 bits per heavy atom. The molecule has 162 valence electrons. The summed E-state index contributed by atoms with van der Waals surface area (Å²) in [6.45, 7) is 5.87. The molecule has 0 fully saturated rings. The van der Waals surface area contributed by atoms with Crippen molar-refractivity contribution in [2.75, 3.05) is 24.3 Å². The number of hydrogen-bond acceptors (Lipinski definition) is 4. The maximum Gasteiger partial charge on any atom is 0.338 e. The van der Waals surface area contributed by atoms with E-state index in [9.17, 15) is 9.59 Å². The number of nitrogens with one attached hydrogen (secondary N) is 3. The second kappa shape index (κ2) is 9.61. The molecular weight excluding hydrogens is 412 g/mol. The largest absolute Gasteiger partial charge is 0.463 e. The van der Waals surface area contributed by atoms with Gasteiger partial charge in [0.2, 0.25) is 0 Å². The third-order valence-electron chi connectivity index (χ3n) is 5.04. The minimum Gasteiger partial charge on any atom is -0.463 e. The second-order valence-electron chi connectivity index (χ2n) is 7.23. The molecular formula is C23H26N4O3S. The van der Waals surface area contributed by atoms with E-state index >= 15 is 0 Å². The van der Waals surface area contributed by atoms with Crippen LogP contribution in [0.15, 0.2) is 59.8 Å². The number of allylic oxidation sites excluding steroid dienone is 1. The zero-order valence-corrected chi connectivity index (χ0v) is 18.8. The van der Waals surface area contributed by atoms with Crippen molar-refractivity contribution in [3.05, 3.63) is 70.9 Å². The number of anilines is 2. The highest BCUT2D eigenvalue weighted by Crippen LogP contribution is 2.31. The fourth-order valence-corrected chi connectivity index (χ4v) is 3.54. The lowest BCUT2D eigenvalue weighted by Crippen LogP contribution is -2.46. The van der Waals surface area contributed by atoms with Crippen molar-refractivity contribution in [1.29, 1.82) is 0 Å². The molecule has 0 aliphatic carbocycles. The number of ether oxygens (including phenoxy) is 1. The van der Waals surface area contributed by atoms with Crippen LogP contribution in [0, 0.1) is 6.92 Å². The molecule has 31 heavy (non-hydrogen) atoms. The molecule has 0 saturated carbocycles. The fourth-order valence-electron chi connectivity index (χ4n) is 3.29. The summed E-state index contributed by atoms with van der Waals surface area (Å²) < 4.78 is 5.27. The SMILES string of the molecule is CCOC(=O)C1=C(C)N(C)C(=S)NC1c1cccc(NC(=O)Nc2ccc(C)cc2)c1. The van der Waals surface area contributed by atoms with Crippen molar-refractivity contribution >= 4 is 40.7 Å². The quantitative estimate of drug-likeness (QED) is 0.476. The van der Waals surface area contributed by atoms with Crippen LogP contribution in [0.25, 0.3) is 0 Å². The molecule has 7 nitrogen and oxygen atoms in total.